The number of hydrogen-bond acceptors (Lipinski definition) is 3. The second kappa shape index (κ2) is 5.15. The summed E-state index contributed by atoms with van der Waals surface area (Å²) in [5, 5.41) is 3.01. The van der Waals surface area contributed by atoms with Crippen LogP contribution >= 0.6 is 0 Å². The van der Waals surface area contributed by atoms with Crippen LogP contribution in [-0.2, 0) is 4.79 Å². The Morgan fingerprint density at radius 3 is 2.81 bits per heavy atom. The van der Waals surface area contributed by atoms with Crippen LogP contribution in [0.3, 0.4) is 0 Å². The van der Waals surface area contributed by atoms with Crippen molar-refractivity contribution in [2.75, 3.05) is 26.7 Å². The van der Waals surface area contributed by atoms with Gasteiger partial charge in [-0.2, -0.15) is 0 Å². The summed E-state index contributed by atoms with van der Waals surface area (Å²) in [5.41, 5.74) is 5.92. The molecule has 2 unspecified atom stereocenters. The predicted molar refractivity (Wildman–Crippen MR) is 63.9 cm³/mol. The van der Waals surface area contributed by atoms with E-state index < -0.39 is 0 Å². The highest BCUT2D eigenvalue weighted by Crippen LogP contribution is 2.32. The Hall–Kier alpha value is -0.610. The van der Waals surface area contributed by atoms with Crippen LogP contribution in [0.2, 0.25) is 0 Å². The number of carbonyl (C=O) groups is 1. The zero-order valence-corrected chi connectivity index (χ0v) is 10.1. The lowest BCUT2D eigenvalue weighted by atomic mass is 10.1. The molecule has 2 atom stereocenters. The fraction of sp³-hybridized carbons (Fsp3) is 0.917. The normalized spacial score (nSPS) is 28.0. The average Bonchev–Trinajstić information content (AvgIpc) is 3.00. The van der Waals surface area contributed by atoms with Gasteiger partial charge in [-0.25, -0.2) is 0 Å². The van der Waals surface area contributed by atoms with Crippen LogP contribution in [0.4, 0.5) is 0 Å². The third kappa shape index (κ3) is 3.46. The first-order valence-electron chi connectivity index (χ1n) is 6.36. The Balaban J connectivity index is 1.59. The minimum absolute atomic E-state index is 0.0891. The highest BCUT2D eigenvalue weighted by Gasteiger charge is 2.30. The highest BCUT2D eigenvalue weighted by molar-refractivity contribution is 5.76. The van der Waals surface area contributed by atoms with Gasteiger partial charge in [0.15, 0.2) is 0 Å². The van der Waals surface area contributed by atoms with E-state index in [0.29, 0.717) is 18.3 Å². The van der Waals surface area contributed by atoms with Gasteiger partial charge in [0.25, 0.3) is 0 Å². The maximum Gasteiger partial charge on any atom is 0.221 e. The van der Waals surface area contributed by atoms with E-state index in [1.807, 2.05) is 0 Å². The zero-order valence-electron chi connectivity index (χ0n) is 10.1. The molecule has 0 aromatic rings. The molecule has 0 radical (unpaired) electrons. The van der Waals surface area contributed by atoms with E-state index in [-0.39, 0.29) is 11.9 Å². The van der Waals surface area contributed by atoms with Gasteiger partial charge in [-0.05, 0) is 44.7 Å². The summed E-state index contributed by atoms with van der Waals surface area (Å²) in [6.45, 7) is 3.08. The number of nitrogens with one attached hydrogen (secondary N) is 1. The molecule has 1 saturated heterocycles. The van der Waals surface area contributed by atoms with Gasteiger partial charge in [0.1, 0.15) is 0 Å². The molecule has 1 aliphatic heterocycles. The van der Waals surface area contributed by atoms with E-state index in [0.717, 1.165) is 19.6 Å². The number of nitrogens with zero attached hydrogens (tertiary/aromatic N) is 1. The zero-order chi connectivity index (χ0) is 11.5. The lowest BCUT2D eigenvalue weighted by molar-refractivity contribution is -0.121. The lowest BCUT2D eigenvalue weighted by Crippen LogP contribution is -2.35. The molecule has 3 N–H and O–H groups in total. The third-order valence-electron chi connectivity index (χ3n) is 3.73. The van der Waals surface area contributed by atoms with Gasteiger partial charge >= 0.3 is 0 Å². The van der Waals surface area contributed by atoms with Crippen molar-refractivity contribution in [1.82, 2.24) is 10.2 Å². The van der Waals surface area contributed by atoms with Crippen LogP contribution < -0.4 is 11.1 Å². The second-order valence-electron chi connectivity index (χ2n) is 5.43. The number of carbonyl (C=O) groups excluding carboxylic acids is 1. The monoisotopic (exact) mass is 225 g/mol. The van der Waals surface area contributed by atoms with Gasteiger partial charge < -0.3 is 16.0 Å². The molecule has 2 aliphatic rings. The molecule has 0 spiro atoms. The Morgan fingerprint density at radius 1 is 1.50 bits per heavy atom. The third-order valence-corrected chi connectivity index (χ3v) is 3.73. The van der Waals surface area contributed by atoms with Crippen LogP contribution in [0.5, 0.6) is 0 Å². The summed E-state index contributed by atoms with van der Waals surface area (Å²) < 4.78 is 0. The summed E-state index contributed by atoms with van der Waals surface area (Å²) in [7, 11) is 2.13. The molecular weight excluding hydrogens is 202 g/mol. The maximum atomic E-state index is 11.6. The number of nitrogens with two attached hydrogens (primary N) is 1. The number of likely N-dealkylation sites (tertiary alicyclic amines) is 1. The SMILES string of the molecule is CN1CCC(CNC(=O)CC(N)C2CC2)C1. The van der Waals surface area contributed by atoms with E-state index >= 15 is 0 Å². The number of hydrogen-bond donors (Lipinski definition) is 2. The molecule has 0 bridgehead atoms. The molecule has 4 nitrogen and oxygen atoms in total. The van der Waals surface area contributed by atoms with Crippen LogP contribution in [0.15, 0.2) is 0 Å². The Kier molecular flexibility index (Phi) is 3.82. The Bertz CT molecular complexity index is 253. The summed E-state index contributed by atoms with van der Waals surface area (Å²) in [5.74, 6) is 1.38. The van der Waals surface area contributed by atoms with Gasteiger partial charge in [-0.1, -0.05) is 0 Å². The summed E-state index contributed by atoms with van der Waals surface area (Å²) in [6, 6.07) is 0.0891. The predicted octanol–water partition coefficient (Wildman–Crippen LogP) is 0.182. The van der Waals surface area contributed by atoms with Crippen molar-refractivity contribution < 1.29 is 4.79 Å². The molecule has 16 heavy (non-hydrogen) atoms. The van der Waals surface area contributed by atoms with Gasteiger partial charge in [-0.3, -0.25) is 4.79 Å². The van der Waals surface area contributed by atoms with Gasteiger partial charge in [-0.15, -0.1) is 0 Å². The number of rotatable bonds is 5. The maximum absolute atomic E-state index is 11.6. The summed E-state index contributed by atoms with van der Waals surface area (Å²) in [4.78, 5) is 13.9. The smallest absolute Gasteiger partial charge is 0.221 e. The molecule has 2 fully saturated rings. The summed E-state index contributed by atoms with van der Waals surface area (Å²) >= 11 is 0. The molecule has 1 saturated carbocycles. The average molecular weight is 225 g/mol. The van der Waals surface area contributed by atoms with Crippen molar-refractivity contribution in [2.45, 2.75) is 31.7 Å². The topological polar surface area (TPSA) is 58.4 Å². The molecule has 1 aliphatic carbocycles. The molecular formula is C12H23N3O. The molecule has 92 valence electrons. The molecule has 1 amide bonds. The van der Waals surface area contributed by atoms with E-state index in [1.54, 1.807) is 0 Å². The first-order chi connectivity index (χ1) is 7.65. The van der Waals surface area contributed by atoms with Crippen LogP contribution in [0.1, 0.15) is 25.7 Å². The van der Waals surface area contributed by atoms with E-state index in [9.17, 15) is 4.79 Å². The van der Waals surface area contributed by atoms with Gasteiger partial charge in [0.2, 0.25) is 5.91 Å². The van der Waals surface area contributed by atoms with Crippen LogP contribution in [-0.4, -0.2) is 43.5 Å². The van der Waals surface area contributed by atoms with Crippen molar-refractivity contribution in [3.05, 3.63) is 0 Å². The molecule has 0 aromatic carbocycles. The standard InChI is InChI=1S/C12H23N3O/c1-15-5-4-9(8-15)7-14-12(16)6-11(13)10-2-3-10/h9-11H,2-8,13H2,1H3,(H,14,16). The molecule has 4 heteroatoms. The highest BCUT2D eigenvalue weighted by atomic mass is 16.1. The summed E-state index contributed by atoms with van der Waals surface area (Å²) in [6.07, 6.45) is 4.13. The first-order valence-corrected chi connectivity index (χ1v) is 6.36. The van der Waals surface area contributed by atoms with Gasteiger partial charge in [0, 0.05) is 25.6 Å². The minimum atomic E-state index is 0.0891. The largest absolute Gasteiger partial charge is 0.356 e. The van der Waals surface area contributed by atoms with Crippen LogP contribution in [0, 0.1) is 11.8 Å². The molecule has 1 heterocycles. The van der Waals surface area contributed by atoms with Gasteiger partial charge in [0.05, 0.1) is 0 Å². The van der Waals surface area contributed by atoms with E-state index in [2.05, 4.69) is 17.3 Å². The fourth-order valence-electron chi connectivity index (χ4n) is 2.43. The molecule has 2 rings (SSSR count). The number of amides is 1. The van der Waals surface area contributed by atoms with E-state index in [4.69, 9.17) is 5.73 Å². The van der Waals surface area contributed by atoms with Crippen molar-refractivity contribution in [2.24, 2.45) is 17.6 Å². The first kappa shape index (κ1) is 11.9. The van der Waals surface area contributed by atoms with Crippen molar-refractivity contribution in [3.63, 3.8) is 0 Å². The fourth-order valence-corrected chi connectivity index (χ4v) is 2.43. The van der Waals surface area contributed by atoms with E-state index in [1.165, 1.54) is 19.3 Å². The van der Waals surface area contributed by atoms with Crippen molar-refractivity contribution >= 4 is 5.91 Å². The quantitative estimate of drug-likeness (QED) is 0.702. The van der Waals surface area contributed by atoms with Crippen molar-refractivity contribution in [1.29, 1.82) is 0 Å². The minimum Gasteiger partial charge on any atom is -0.356 e. The lowest BCUT2D eigenvalue weighted by Gasteiger charge is -2.13. The Labute approximate surface area is 97.6 Å². The second-order valence-corrected chi connectivity index (χ2v) is 5.43. The van der Waals surface area contributed by atoms with Crippen molar-refractivity contribution in [3.8, 4) is 0 Å². The van der Waals surface area contributed by atoms with Crippen LogP contribution in [0.25, 0.3) is 0 Å². The molecule has 0 aromatic heterocycles. The Morgan fingerprint density at radius 2 is 2.25 bits per heavy atom.